The molecular formula is C20H28N2O3. The molecule has 3 atom stereocenters. The minimum Gasteiger partial charge on any atom is -0.376 e. The van der Waals surface area contributed by atoms with E-state index in [1.54, 1.807) is 0 Å². The van der Waals surface area contributed by atoms with Crippen molar-refractivity contribution in [3.8, 4) is 0 Å². The highest BCUT2D eigenvalue weighted by Crippen LogP contribution is 2.31. The van der Waals surface area contributed by atoms with Crippen LogP contribution in [0.15, 0.2) is 30.3 Å². The number of hydrogen-bond acceptors (Lipinski definition) is 4. The van der Waals surface area contributed by atoms with E-state index in [0.717, 1.165) is 32.5 Å². The second-order valence-electron chi connectivity index (χ2n) is 7.34. The molecule has 1 aromatic carbocycles. The normalized spacial score (nSPS) is 30.7. The molecule has 25 heavy (non-hydrogen) atoms. The first-order chi connectivity index (χ1) is 12.3. The first kappa shape index (κ1) is 17.0. The molecular weight excluding hydrogens is 316 g/mol. The van der Waals surface area contributed by atoms with Crippen molar-refractivity contribution in [2.75, 3.05) is 32.9 Å². The highest BCUT2D eigenvalue weighted by atomic mass is 16.6. The van der Waals surface area contributed by atoms with Gasteiger partial charge in [0.05, 0.1) is 19.8 Å². The maximum Gasteiger partial charge on any atom is 0.254 e. The summed E-state index contributed by atoms with van der Waals surface area (Å²) in [4.78, 5) is 17.6. The van der Waals surface area contributed by atoms with E-state index < -0.39 is 6.10 Å². The summed E-state index contributed by atoms with van der Waals surface area (Å²) in [5.41, 5.74) is 1.36. The summed E-state index contributed by atoms with van der Waals surface area (Å²) < 4.78 is 11.1. The van der Waals surface area contributed by atoms with Crippen LogP contribution in [0.5, 0.6) is 0 Å². The van der Waals surface area contributed by atoms with Crippen LogP contribution in [-0.4, -0.2) is 66.8 Å². The number of carbonyl (C=O) groups is 1. The van der Waals surface area contributed by atoms with Gasteiger partial charge in [0.25, 0.3) is 5.91 Å². The van der Waals surface area contributed by atoms with Gasteiger partial charge in [0, 0.05) is 25.2 Å². The van der Waals surface area contributed by atoms with E-state index in [1.165, 1.54) is 18.4 Å². The number of nitrogens with zero attached hydrogens (tertiary/aromatic N) is 2. The van der Waals surface area contributed by atoms with E-state index in [9.17, 15) is 4.79 Å². The van der Waals surface area contributed by atoms with Crippen LogP contribution in [0.25, 0.3) is 0 Å². The zero-order chi connectivity index (χ0) is 17.1. The van der Waals surface area contributed by atoms with Gasteiger partial charge in [0.2, 0.25) is 0 Å². The van der Waals surface area contributed by atoms with Crippen molar-refractivity contribution in [2.24, 2.45) is 0 Å². The highest BCUT2D eigenvalue weighted by molar-refractivity contribution is 5.81. The van der Waals surface area contributed by atoms with E-state index >= 15 is 0 Å². The molecule has 5 heteroatoms. The SMILES string of the molecule is O=C([C@@H]1COCCO1)N1CCC[C@H]1[C@H]1CCCN1Cc1ccccc1. The molecule has 3 aliphatic rings. The molecule has 4 rings (SSSR count). The molecule has 3 heterocycles. The molecule has 1 aromatic rings. The number of carbonyl (C=O) groups excluding carboxylic acids is 1. The lowest BCUT2D eigenvalue weighted by Gasteiger charge is -2.37. The highest BCUT2D eigenvalue weighted by Gasteiger charge is 2.41. The van der Waals surface area contributed by atoms with Crippen LogP contribution in [0.3, 0.4) is 0 Å². The molecule has 0 spiro atoms. The van der Waals surface area contributed by atoms with Gasteiger partial charge < -0.3 is 14.4 Å². The van der Waals surface area contributed by atoms with E-state index in [-0.39, 0.29) is 5.91 Å². The minimum absolute atomic E-state index is 0.133. The van der Waals surface area contributed by atoms with Gasteiger partial charge in [-0.05, 0) is 37.8 Å². The molecule has 3 aliphatic heterocycles. The number of benzene rings is 1. The van der Waals surface area contributed by atoms with Crippen molar-refractivity contribution in [3.63, 3.8) is 0 Å². The van der Waals surface area contributed by atoms with Gasteiger partial charge in [0.1, 0.15) is 0 Å². The molecule has 0 aromatic heterocycles. The number of rotatable bonds is 4. The Bertz CT molecular complexity index is 574. The van der Waals surface area contributed by atoms with Crippen LogP contribution in [0, 0.1) is 0 Å². The van der Waals surface area contributed by atoms with Crippen molar-refractivity contribution in [3.05, 3.63) is 35.9 Å². The molecule has 5 nitrogen and oxygen atoms in total. The number of likely N-dealkylation sites (tertiary alicyclic amines) is 2. The lowest BCUT2D eigenvalue weighted by Crippen LogP contribution is -2.52. The van der Waals surface area contributed by atoms with E-state index in [2.05, 4.69) is 40.1 Å². The van der Waals surface area contributed by atoms with Crippen molar-refractivity contribution in [1.29, 1.82) is 0 Å². The van der Waals surface area contributed by atoms with Crippen LogP contribution in [0.4, 0.5) is 0 Å². The monoisotopic (exact) mass is 344 g/mol. The Morgan fingerprint density at radius 2 is 1.84 bits per heavy atom. The molecule has 0 N–H and O–H groups in total. The fourth-order valence-electron chi connectivity index (χ4n) is 4.58. The van der Waals surface area contributed by atoms with Crippen molar-refractivity contribution in [1.82, 2.24) is 9.80 Å². The smallest absolute Gasteiger partial charge is 0.254 e. The van der Waals surface area contributed by atoms with Gasteiger partial charge in [-0.25, -0.2) is 0 Å². The number of amides is 1. The summed E-state index contributed by atoms with van der Waals surface area (Å²) in [7, 11) is 0. The molecule has 0 bridgehead atoms. The third-order valence-corrected chi connectivity index (χ3v) is 5.76. The third-order valence-electron chi connectivity index (χ3n) is 5.76. The Balaban J connectivity index is 1.44. The second kappa shape index (κ2) is 7.85. The van der Waals surface area contributed by atoms with Gasteiger partial charge in [-0.2, -0.15) is 0 Å². The van der Waals surface area contributed by atoms with Gasteiger partial charge in [0.15, 0.2) is 6.10 Å². The zero-order valence-corrected chi connectivity index (χ0v) is 14.8. The average molecular weight is 344 g/mol. The number of hydrogen-bond donors (Lipinski definition) is 0. The van der Waals surface area contributed by atoms with Crippen LogP contribution >= 0.6 is 0 Å². The predicted octanol–water partition coefficient (Wildman–Crippen LogP) is 2.06. The van der Waals surface area contributed by atoms with E-state index in [4.69, 9.17) is 9.47 Å². The molecule has 0 saturated carbocycles. The van der Waals surface area contributed by atoms with Crippen LogP contribution in [0.2, 0.25) is 0 Å². The van der Waals surface area contributed by atoms with Crippen molar-refractivity contribution in [2.45, 2.75) is 50.4 Å². The fourth-order valence-corrected chi connectivity index (χ4v) is 4.58. The lowest BCUT2D eigenvalue weighted by molar-refractivity contribution is -0.159. The quantitative estimate of drug-likeness (QED) is 0.838. The number of ether oxygens (including phenoxy) is 2. The summed E-state index contributed by atoms with van der Waals surface area (Å²) >= 11 is 0. The molecule has 136 valence electrons. The van der Waals surface area contributed by atoms with Crippen LogP contribution in [-0.2, 0) is 20.8 Å². The van der Waals surface area contributed by atoms with Crippen LogP contribution < -0.4 is 0 Å². The molecule has 3 saturated heterocycles. The Labute approximate surface area is 149 Å². The lowest BCUT2D eigenvalue weighted by atomic mass is 10.0. The Kier molecular flexibility index (Phi) is 5.34. The van der Waals surface area contributed by atoms with E-state index in [0.29, 0.717) is 31.9 Å². The fraction of sp³-hybridized carbons (Fsp3) is 0.650. The van der Waals surface area contributed by atoms with Crippen molar-refractivity contribution < 1.29 is 14.3 Å². The van der Waals surface area contributed by atoms with Crippen molar-refractivity contribution >= 4 is 5.91 Å². The van der Waals surface area contributed by atoms with Crippen LogP contribution in [0.1, 0.15) is 31.2 Å². The topological polar surface area (TPSA) is 42.0 Å². The summed E-state index contributed by atoms with van der Waals surface area (Å²) in [5, 5.41) is 0. The Morgan fingerprint density at radius 1 is 1.04 bits per heavy atom. The first-order valence-electron chi connectivity index (χ1n) is 9.61. The maximum absolute atomic E-state index is 12.9. The standard InChI is InChI=1S/C20H28N2O3/c23-20(19-15-24-12-13-25-19)22-11-5-9-18(22)17-8-4-10-21(17)14-16-6-2-1-3-7-16/h1-3,6-7,17-19H,4-5,8-15H2/t17-,18+,19+/m1/s1. The maximum atomic E-state index is 12.9. The molecule has 1 amide bonds. The van der Waals surface area contributed by atoms with Gasteiger partial charge in [-0.3, -0.25) is 9.69 Å². The summed E-state index contributed by atoms with van der Waals surface area (Å²) in [6.45, 7) is 4.49. The first-order valence-corrected chi connectivity index (χ1v) is 9.61. The molecule has 3 fully saturated rings. The Hall–Kier alpha value is -1.43. The largest absolute Gasteiger partial charge is 0.376 e. The van der Waals surface area contributed by atoms with Gasteiger partial charge in [-0.1, -0.05) is 30.3 Å². The Morgan fingerprint density at radius 3 is 2.64 bits per heavy atom. The summed E-state index contributed by atoms with van der Waals surface area (Å²) in [5.74, 6) is 0.133. The van der Waals surface area contributed by atoms with Gasteiger partial charge >= 0.3 is 0 Å². The van der Waals surface area contributed by atoms with Gasteiger partial charge in [-0.15, -0.1) is 0 Å². The van der Waals surface area contributed by atoms with E-state index in [1.807, 2.05) is 0 Å². The zero-order valence-electron chi connectivity index (χ0n) is 14.8. The second-order valence-corrected chi connectivity index (χ2v) is 7.34. The molecule has 0 unspecified atom stereocenters. The molecule has 0 radical (unpaired) electrons. The minimum atomic E-state index is -0.404. The molecule has 0 aliphatic carbocycles. The summed E-state index contributed by atoms with van der Waals surface area (Å²) in [6.07, 6.45) is 4.20. The average Bonchev–Trinajstić information content (AvgIpc) is 3.31. The third kappa shape index (κ3) is 3.73. The summed E-state index contributed by atoms with van der Waals surface area (Å²) in [6, 6.07) is 11.5. The predicted molar refractivity (Wildman–Crippen MR) is 95.2 cm³/mol.